The molecule has 0 bridgehead atoms. The van der Waals surface area contributed by atoms with Crippen LogP contribution in [-0.4, -0.2) is 46.3 Å². The molecule has 2 aromatic heterocycles. The van der Waals surface area contributed by atoms with E-state index in [9.17, 15) is 10.5 Å². The second kappa shape index (κ2) is 8.22. The Morgan fingerprint density at radius 1 is 1.28 bits per heavy atom. The Morgan fingerprint density at radius 3 is 2.72 bits per heavy atom. The van der Waals surface area contributed by atoms with Gasteiger partial charge in [0.15, 0.2) is 0 Å². The molecule has 2 fully saturated rings. The SMILES string of the molecule is Cc1nc(OC2COC2)ccc1CN1CCc2c(NC3(C#N)CC3)nc(Cl)c(C#N)c2C1. The number of hydrogen-bond donors (Lipinski definition) is 1. The molecule has 8 nitrogen and oxygen atoms in total. The van der Waals surface area contributed by atoms with E-state index in [0.29, 0.717) is 43.6 Å². The summed E-state index contributed by atoms with van der Waals surface area (Å²) in [5.74, 6) is 1.26. The van der Waals surface area contributed by atoms with E-state index in [2.05, 4.69) is 32.3 Å². The number of nitriles is 2. The largest absolute Gasteiger partial charge is 0.469 e. The third kappa shape index (κ3) is 3.98. The van der Waals surface area contributed by atoms with E-state index >= 15 is 0 Å². The first-order valence-corrected chi connectivity index (χ1v) is 11.1. The predicted molar refractivity (Wildman–Crippen MR) is 117 cm³/mol. The van der Waals surface area contributed by atoms with Crippen LogP contribution in [0.3, 0.4) is 0 Å². The first-order valence-electron chi connectivity index (χ1n) is 10.7. The van der Waals surface area contributed by atoms with E-state index in [4.69, 9.17) is 21.1 Å². The molecule has 1 saturated carbocycles. The van der Waals surface area contributed by atoms with Gasteiger partial charge in [0.2, 0.25) is 5.88 Å². The first kappa shape index (κ1) is 21.0. The molecule has 164 valence electrons. The number of anilines is 1. The van der Waals surface area contributed by atoms with Gasteiger partial charge >= 0.3 is 0 Å². The van der Waals surface area contributed by atoms with Crippen molar-refractivity contribution in [3.8, 4) is 18.0 Å². The van der Waals surface area contributed by atoms with Crippen molar-refractivity contribution in [2.75, 3.05) is 25.1 Å². The molecule has 2 aromatic rings. The van der Waals surface area contributed by atoms with Crippen molar-refractivity contribution in [1.29, 1.82) is 10.5 Å². The van der Waals surface area contributed by atoms with Crippen LogP contribution in [0.5, 0.6) is 5.88 Å². The number of rotatable bonds is 6. The molecule has 32 heavy (non-hydrogen) atoms. The fourth-order valence-electron chi connectivity index (χ4n) is 4.12. The summed E-state index contributed by atoms with van der Waals surface area (Å²) in [5, 5.41) is 22.6. The average molecular weight is 451 g/mol. The molecule has 0 radical (unpaired) electrons. The maximum Gasteiger partial charge on any atom is 0.213 e. The van der Waals surface area contributed by atoms with E-state index in [1.54, 1.807) is 0 Å². The Kier molecular flexibility index (Phi) is 5.38. The van der Waals surface area contributed by atoms with Gasteiger partial charge in [-0.25, -0.2) is 9.97 Å². The van der Waals surface area contributed by atoms with Gasteiger partial charge in [0.05, 0.1) is 24.8 Å². The standard InChI is InChI=1S/C23H23ClN6O2/c1-14-15(2-3-20(27-14)32-16-11-31-12-16)9-30-7-4-17-19(10-30)18(8-25)21(24)28-22(17)29-23(13-26)5-6-23/h2-3,16H,4-7,9-12H2,1H3,(H,28,29). The van der Waals surface area contributed by atoms with Gasteiger partial charge in [-0.05, 0) is 37.3 Å². The van der Waals surface area contributed by atoms with Crippen LogP contribution >= 0.6 is 11.6 Å². The molecule has 9 heteroatoms. The zero-order valence-electron chi connectivity index (χ0n) is 17.8. The molecule has 4 heterocycles. The number of halogens is 1. The topological polar surface area (TPSA) is 107 Å². The highest BCUT2D eigenvalue weighted by molar-refractivity contribution is 6.30. The van der Waals surface area contributed by atoms with Crippen LogP contribution in [0.15, 0.2) is 12.1 Å². The van der Waals surface area contributed by atoms with Crippen LogP contribution in [0.2, 0.25) is 5.15 Å². The van der Waals surface area contributed by atoms with Crippen molar-refractivity contribution in [1.82, 2.24) is 14.9 Å². The zero-order chi connectivity index (χ0) is 22.3. The molecule has 0 unspecified atom stereocenters. The molecular formula is C23H23ClN6O2. The third-order valence-corrected chi connectivity index (χ3v) is 6.59. The summed E-state index contributed by atoms with van der Waals surface area (Å²) in [6.45, 7) is 5.32. The minimum atomic E-state index is -0.548. The van der Waals surface area contributed by atoms with Crippen LogP contribution in [0, 0.1) is 29.6 Å². The minimum Gasteiger partial charge on any atom is -0.469 e. The minimum absolute atomic E-state index is 0.0905. The van der Waals surface area contributed by atoms with Gasteiger partial charge in [-0.1, -0.05) is 17.7 Å². The second-order valence-electron chi connectivity index (χ2n) is 8.65. The highest BCUT2D eigenvalue weighted by atomic mass is 35.5. The van der Waals surface area contributed by atoms with E-state index in [0.717, 1.165) is 48.2 Å². The molecule has 5 rings (SSSR count). The molecule has 0 aromatic carbocycles. The third-order valence-electron chi connectivity index (χ3n) is 6.32. The fraction of sp³-hybridized carbons (Fsp3) is 0.478. The van der Waals surface area contributed by atoms with Gasteiger partial charge < -0.3 is 14.8 Å². The maximum atomic E-state index is 9.71. The van der Waals surface area contributed by atoms with Gasteiger partial charge in [0.1, 0.15) is 28.7 Å². The lowest BCUT2D eigenvalue weighted by atomic mass is 9.96. The van der Waals surface area contributed by atoms with Crippen LogP contribution in [-0.2, 0) is 24.2 Å². The quantitative estimate of drug-likeness (QED) is 0.669. The van der Waals surface area contributed by atoms with Crippen molar-refractivity contribution in [3.63, 3.8) is 0 Å². The van der Waals surface area contributed by atoms with Crippen LogP contribution < -0.4 is 10.1 Å². The number of aromatic nitrogens is 2. The molecule has 1 aliphatic carbocycles. The fourth-order valence-corrected chi connectivity index (χ4v) is 4.36. The van der Waals surface area contributed by atoms with E-state index in [-0.39, 0.29) is 11.3 Å². The molecule has 0 atom stereocenters. The summed E-state index contributed by atoms with van der Waals surface area (Å²) in [6, 6.07) is 8.51. The Bertz CT molecular complexity index is 1150. The highest BCUT2D eigenvalue weighted by Gasteiger charge is 2.44. The molecule has 3 aliphatic rings. The van der Waals surface area contributed by atoms with Crippen molar-refractivity contribution in [2.24, 2.45) is 0 Å². The Labute approximate surface area is 191 Å². The maximum absolute atomic E-state index is 9.71. The smallest absolute Gasteiger partial charge is 0.213 e. The number of pyridine rings is 2. The Morgan fingerprint density at radius 2 is 2.09 bits per heavy atom. The van der Waals surface area contributed by atoms with Crippen molar-refractivity contribution in [3.05, 3.63) is 45.2 Å². The summed E-state index contributed by atoms with van der Waals surface area (Å²) in [4.78, 5) is 11.3. The van der Waals surface area contributed by atoms with Crippen molar-refractivity contribution in [2.45, 2.75) is 50.9 Å². The van der Waals surface area contributed by atoms with Gasteiger partial charge in [0.25, 0.3) is 0 Å². The van der Waals surface area contributed by atoms with Gasteiger partial charge in [-0.3, -0.25) is 4.90 Å². The van der Waals surface area contributed by atoms with Crippen molar-refractivity contribution < 1.29 is 9.47 Å². The number of nitrogens with zero attached hydrogens (tertiary/aromatic N) is 5. The lowest BCUT2D eigenvalue weighted by Crippen LogP contribution is -2.38. The van der Waals surface area contributed by atoms with Crippen LogP contribution in [0.4, 0.5) is 5.82 Å². The number of fused-ring (bicyclic) bond motifs is 1. The van der Waals surface area contributed by atoms with Crippen LogP contribution in [0.1, 0.15) is 40.8 Å². The van der Waals surface area contributed by atoms with Gasteiger partial charge in [-0.2, -0.15) is 10.5 Å². The summed E-state index contributed by atoms with van der Waals surface area (Å²) in [5.41, 5.74) is 3.79. The summed E-state index contributed by atoms with van der Waals surface area (Å²) in [7, 11) is 0. The normalized spacial score (nSPS) is 19.2. The number of ether oxygens (including phenoxy) is 2. The zero-order valence-corrected chi connectivity index (χ0v) is 18.6. The van der Waals surface area contributed by atoms with Crippen molar-refractivity contribution >= 4 is 17.4 Å². The van der Waals surface area contributed by atoms with E-state index < -0.39 is 5.54 Å². The molecule has 0 spiro atoms. The molecule has 2 aliphatic heterocycles. The Balaban J connectivity index is 1.35. The van der Waals surface area contributed by atoms with Gasteiger partial charge in [-0.15, -0.1) is 0 Å². The molecule has 1 saturated heterocycles. The molecular weight excluding hydrogens is 428 g/mol. The average Bonchev–Trinajstić information content (AvgIpc) is 3.52. The summed E-state index contributed by atoms with van der Waals surface area (Å²) in [6.07, 6.45) is 2.41. The number of hydrogen-bond acceptors (Lipinski definition) is 8. The lowest BCUT2D eigenvalue weighted by molar-refractivity contribution is -0.0813. The lowest BCUT2D eigenvalue weighted by Gasteiger charge is -2.31. The van der Waals surface area contributed by atoms with E-state index in [1.807, 2.05) is 19.1 Å². The summed E-state index contributed by atoms with van der Waals surface area (Å²) >= 11 is 6.36. The highest BCUT2D eigenvalue weighted by Crippen LogP contribution is 2.41. The van der Waals surface area contributed by atoms with Gasteiger partial charge in [0, 0.05) is 37.0 Å². The number of aryl methyl sites for hydroxylation is 1. The van der Waals surface area contributed by atoms with Crippen LogP contribution in [0.25, 0.3) is 0 Å². The Hall–Kier alpha value is -2.91. The molecule has 0 amide bonds. The molecule has 1 N–H and O–H groups in total. The first-order chi connectivity index (χ1) is 15.5. The summed E-state index contributed by atoms with van der Waals surface area (Å²) < 4.78 is 10.9. The predicted octanol–water partition coefficient (Wildman–Crippen LogP) is 3.11. The van der Waals surface area contributed by atoms with E-state index in [1.165, 1.54) is 0 Å². The second-order valence-corrected chi connectivity index (χ2v) is 9.00. The number of nitrogens with one attached hydrogen (secondary N) is 1. The monoisotopic (exact) mass is 450 g/mol.